The Kier molecular flexibility index (Phi) is 6.63. The highest BCUT2D eigenvalue weighted by atomic mass is 32.2. The molecule has 10 atom stereocenters. The minimum Gasteiger partial charge on any atom is -0.387 e. The van der Waals surface area contributed by atoms with Crippen LogP contribution in [0, 0.1) is 0 Å². The van der Waals surface area contributed by atoms with E-state index < -0.39 is 60.7 Å². The number of hydrogen-bond donors (Lipinski definition) is 5. The number of hydrogen-bond acceptors (Lipinski definition) is 11. The van der Waals surface area contributed by atoms with E-state index in [0.29, 0.717) is 0 Å². The van der Waals surface area contributed by atoms with Crippen LogP contribution in [-0.2, 0) is 23.7 Å². The lowest BCUT2D eigenvalue weighted by atomic mass is 9.98. The Morgan fingerprint density at radius 3 is 2.15 bits per heavy atom. The second kappa shape index (κ2) is 8.45. The summed E-state index contributed by atoms with van der Waals surface area (Å²) in [4.78, 5) is 13.7. The Bertz CT molecular complexity index is 539. The molecule has 156 valence electrons. The summed E-state index contributed by atoms with van der Waals surface area (Å²) in [5, 5.41) is 49.6. The van der Waals surface area contributed by atoms with Crippen LogP contribution in [0.1, 0.15) is 0 Å². The van der Waals surface area contributed by atoms with Crippen molar-refractivity contribution < 1.29 is 49.3 Å². The number of carbonyl (C=O) groups is 1. The Balaban J connectivity index is 1.74. The molecule has 27 heavy (non-hydrogen) atoms. The number of aliphatic hydroxyl groups excluding tert-OH is 5. The SMILES string of the molecule is CO[C@H]1O[C@H]([C@H]2SCC(=O)N2C[C@H]2O[C@@H](OC)[C@H](O)[C@@H]2O)[C@@H](O)[C@H](O)[C@H]1O. The Morgan fingerprint density at radius 2 is 1.56 bits per heavy atom. The lowest BCUT2D eigenvalue weighted by Crippen LogP contribution is -2.63. The summed E-state index contributed by atoms with van der Waals surface area (Å²) in [5.74, 6) is -0.173. The molecule has 0 aliphatic carbocycles. The number of carbonyl (C=O) groups excluding carboxylic acids is 1. The molecular weight excluding hydrogens is 386 g/mol. The molecule has 12 heteroatoms. The smallest absolute Gasteiger partial charge is 0.233 e. The maximum atomic E-state index is 12.4. The summed E-state index contributed by atoms with van der Waals surface area (Å²) in [6.45, 7) is -0.0720. The van der Waals surface area contributed by atoms with Crippen LogP contribution in [0.4, 0.5) is 0 Å². The lowest BCUT2D eigenvalue weighted by Gasteiger charge is -2.43. The standard InChI is InChI=1S/C15H25NO10S/c1-23-14-10(21)7(18)5(25-14)3-16-6(17)4-27-13(16)12-9(20)8(19)11(22)15(24-2)26-12/h5,7-15,18-22H,3-4H2,1-2H3/t5-,7-,8+,9+,10-,11-,12+,13-,14-,15+/m1/s1. The summed E-state index contributed by atoms with van der Waals surface area (Å²) < 4.78 is 21.0. The van der Waals surface area contributed by atoms with E-state index in [9.17, 15) is 30.3 Å². The second-order valence-corrected chi connectivity index (χ2v) is 7.79. The Hall–Kier alpha value is -0.540. The van der Waals surface area contributed by atoms with Gasteiger partial charge in [0.25, 0.3) is 0 Å². The van der Waals surface area contributed by atoms with Gasteiger partial charge in [0.1, 0.15) is 48.1 Å². The predicted molar refractivity (Wildman–Crippen MR) is 89.3 cm³/mol. The normalized spacial score (nSPS) is 48.4. The molecule has 0 aromatic rings. The first-order chi connectivity index (χ1) is 12.8. The van der Waals surface area contributed by atoms with E-state index in [2.05, 4.69) is 0 Å². The number of thioether (sulfide) groups is 1. The molecule has 3 fully saturated rings. The van der Waals surface area contributed by atoms with E-state index in [1.807, 2.05) is 0 Å². The van der Waals surface area contributed by atoms with Gasteiger partial charge in [-0.2, -0.15) is 0 Å². The van der Waals surface area contributed by atoms with Gasteiger partial charge in [0.2, 0.25) is 5.91 Å². The molecule has 0 bridgehead atoms. The highest BCUT2D eigenvalue weighted by molar-refractivity contribution is 8.01. The third-order valence-electron chi connectivity index (χ3n) is 5.05. The molecule has 0 radical (unpaired) electrons. The summed E-state index contributed by atoms with van der Waals surface area (Å²) in [7, 11) is 2.61. The first-order valence-electron chi connectivity index (χ1n) is 8.48. The van der Waals surface area contributed by atoms with Crippen molar-refractivity contribution in [2.75, 3.05) is 26.5 Å². The Morgan fingerprint density at radius 1 is 0.963 bits per heavy atom. The number of amides is 1. The van der Waals surface area contributed by atoms with Crippen molar-refractivity contribution in [1.82, 2.24) is 4.90 Å². The van der Waals surface area contributed by atoms with Crippen molar-refractivity contribution in [2.45, 2.75) is 60.7 Å². The van der Waals surface area contributed by atoms with E-state index >= 15 is 0 Å². The van der Waals surface area contributed by atoms with Gasteiger partial charge < -0.3 is 49.4 Å². The van der Waals surface area contributed by atoms with Crippen LogP contribution in [0.2, 0.25) is 0 Å². The van der Waals surface area contributed by atoms with Crippen molar-refractivity contribution in [2.24, 2.45) is 0 Å². The first-order valence-corrected chi connectivity index (χ1v) is 9.53. The van der Waals surface area contributed by atoms with E-state index in [0.717, 1.165) is 0 Å². The zero-order valence-corrected chi connectivity index (χ0v) is 15.6. The summed E-state index contributed by atoms with van der Waals surface area (Å²) in [6, 6.07) is 0. The van der Waals surface area contributed by atoms with Crippen molar-refractivity contribution in [3.05, 3.63) is 0 Å². The third-order valence-corrected chi connectivity index (χ3v) is 6.33. The maximum Gasteiger partial charge on any atom is 0.233 e. The fraction of sp³-hybridized carbons (Fsp3) is 0.933. The van der Waals surface area contributed by atoms with Gasteiger partial charge in [-0.1, -0.05) is 0 Å². The molecule has 3 heterocycles. The molecule has 0 spiro atoms. The van der Waals surface area contributed by atoms with Gasteiger partial charge in [-0.25, -0.2) is 0 Å². The van der Waals surface area contributed by atoms with E-state index in [4.69, 9.17) is 18.9 Å². The Labute approximate surface area is 159 Å². The molecule has 3 aliphatic rings. The number of aliphatic hydroxyl groups is 5. The molecule has 3 saturated heterocycles. The fourth-order valence-electron chi connectivity index (χ4n) is 3.51. The van der Waals surface area contributed by atoms with Gasteiger partial charge >= 0.3 is 0 Å². The fourth-order valence-corrected chi connectivity index (χ4v) is 4.79. The van der Waals surface area contributed by atoms with Gasteiger partial charge in [-0.15, -0.1) is 11.8 Å². The first kappa shape index (κ1) is 21.2. The number of nitrogens with zero attached hydrogens (tertiary/aromatic N) is 1. The highest BCUT2D eigenvalue weighted by Gasteiger charge is 2.52. The van der Waals surface area contributed by atoms with Crippen LogP contribution >= 0.6 is 11.8 Å². The minimum absolute atomic E-state index is 0.0720. The van der Waals surface area contributed by atoms with Crippen LogP contribution in [0.25, 0.3) is 0 Å². The molecule has 0 unspecified atom stereocenters. The predicted octanol–water partition coefficient (Wildman–Crippen LogP) is -3.56. The van der Waals surface area contributed by atoms with E-state index in [1.54, 1.807) is 0 Å². The average molecular weight is 411 g/mol. The molecule has 11 nitrogen and oxygen atoms in total. The van der Waals surface area contributed by atoms with Gasteiger partial charge in [-0.3, -0.25) is 4.79 Å². The van der Waals surface area contributed by atoms with Gasteiger partial charge in [0.05, 0.1) is 12.3 Å². The van der Waals surface area contributed by atoms with Crippen LogP contribution < -0.4 is 0 Å². The molecule has 5 N–H and O–H groups in total. The summed E-state index contributed by atoms with van der Waals surface area (Å²) >= 11 is 1.19. The minimum atomic E-state index is -1.51. The lowest BCUT2D eigenvalue weighted by molar-refractivity contribution is -0.293. The summed E-state index contributed by atoms with van der Waals surface area (Å²) in [5.41, 5.74) is 0. The van der Waals surface area contributed by atoms with Crippen LogP contribution in [0.15, 0.2) is 0 Å². The van der Waals surface area contributed by atoms with Crippen molar-refractivity contribution in [3.63, 3.8) is 0 Å². The molecule has 0 aromatic heterocycles. The summed E-state index contributed by atoms with van der Waals surface area (Å²) in [6.07, 6.45) is -11.0. The number of methoxy groups -OCH3 is 2. The van der Waals surface area contributed by atoms with Crippen molar-refractivity contribution in [3.8, 4) is 0 Å². The topological polar surface area (TPSA) is 158 Å². The van der Waals surface area contributed by atoms with Crippen LogP contribution in [0.5, 0.6) is 0 Å². The average Bonchev–Trinajstić information content (AvgIpc) is 3.15. The van der Waals surface area contributed by atoms with Gasteiger partial charge in [-0.05, 0) is 0 Å². The monoisotopic (exact) mass is 411 g/mol. The van der Waals surface area contributed by atoms with Crippen LogP contribution in [-0.4, -0.2) is 124 Å². The molecular formula is C15H25NO10S. The van der Waals surface area contributed by atoms with E-state index in [1.165, 1.54) is 30.9 Å². The molecule has 3 rings (SSSR count). The molecule has 0 saturated carbocycles. The molecule has 1 amide bonds. The third kappa shape index (κ3) is 3.83. The number of rotatable bonds is 5. The van der Waals surface area contributed by atoms with E-state index in [-0.39, 0.29) is 18.2 Å². The van der Waals surface area contributed by atoms with Crippen LogP contribution in [0.3, 0.4) is 0 Å². The second-order valence-electron chi connectivity index (χ2n) is 6.68. The maximum absolute atomic E-state index is 12.4. The molecule has 0 aromatic carbocycles. The zero-order chi connectivity index (χ0) is 19.9. The largest absolute Gasteiger partial charge is 0.387 e. The number of ether oxygens (including phenoxy) is 4. The highest BCUT2D eigenvalue weighted by Crippen LogP contribution is 2.36. The molecule has 3 aliphatic heterocycles. The quantitative estimate of drug-likeness (QED) is 0.305. The zero-order valence-electron chi connectivity index (χ0n) is 14.8. The van der Waals surface area contributed by atoms with Crippen molar-refractivity contribution >= 4 is 17.7 Å². The van der Waals surface area contributed by atoms with Gasteiger partial charge in [0.15, 0.2) is 12.6 Å². The van der Waals surface area contributed by atoms with Gasteiger partial charge in [0, 0.05) is 14.2 Å². The van der Waals surface area contributed by atoms with Crippen molar-refractivity contribution in [1.29, 1.82) is 0 Å².